The summed E-state index contributed by atoms with van der Waals surface area (Å²) in [6.45, 7) is 7.90. The van der Waals surface area contributed by atoms with Gasteiger partial charge in [0.25, 0.3) is 11.8 Å². The molecule has 0 aliphatic carbocycles. The number of nitrogens with zero attached hydrogens (tertiary/aromatic N) is 3. The highest BCUT2D eigenvalue weighted by Gasteiger charge is 2.54. The minimum Gasteiger partial charge on any atom is -0.434 e. The maximum Gasteiger partial charge on any atom is 0.514 e. The molecule has 2 aromatic rings. The number of carbonyl (C=O) groups is 3. The molecule has 13 heteroatoms. The first-order valence-corrected chi connectivity index (χ1v) is 15.8. The molecule has 1 N–H and O–H groups in total. The Kier molecular flexibility index (Phi) is 9.78. The SMILES string of the molecule is CC1=NO[C@@]2(CC[C@H](C)N3C[C@H]2n2cc(C(=O)NCc4ccc(F)cc4F)c(=O)c(OC(=O)OCCCCCC(C)C)c2C3=O)C1. The van der Waals surface area contributed by atoms with Crippen LogP contribution in [0.25, 0.3) is 0 Å². The number of oxime groups is 1. The summed E-state index contributed by atoms with van der Waals surface area (Å²) < 4.78 is 39.9. The zero-order chi connectivity index (χ0) is 33.2. The number of nitrogens with one attached hydrogen (secondary N) is 1. The van der Waals surface area contributed by atoms with Gasteiger partial charge >= 0.3 is 6.16 Å². The molecular formula is C33H40F2N4O7. The van der Waals surface area contributed by atoms with Crippen LogP contribution >= 0.6 is 0 Å². The van der Waals surface area contributed by atoms with Gasteiger partial charge in [-0.2, -0.15) is 0 Å². The van der Waals surface area contributed by atoms with Gasteiger partial charge in [0.1, 0.15) is 17.2 Å². The number of benzene rings is 1. The molecule has 0 saturated carbocycles. The van der Waals surface area contributed by atoms with Crippen LogP contribution in [0.15, 0.2) is 34.3 Å². The zero-order valence-electron chi connectivity index (χ0n) is 26.6. The van der Waals surface area contributed by atoms with Gasteiger partial charge in [-0.15, -0.1) is 0 Å². The maximum absolute atomic E-state index is 14.3. The largest absolute Gasteiger partial charge is 0.514 e. The lowest BCUT2D eigenvalue weighted by molar-refractivity contribution is -0.0655. The van der Waals surface area contributed by atoms with Crippen LogP contribution in [0, 0.1) is 17.6 Å². The molecule has 1 aromatic carbocycles. The summed E-state index contributed by atoms with van der Waals surface area (Å²) in [5, 5.41) is 6.68. The second kappa shape index (κ2) is 13.6. The Morgan fingerprint density at radius 2 is 1.98 bits per heavy atom. The van der Waals surface area contributed by atoms with Gasteiger partial charge in [0.2, 0.25) is 11.2 Å². The lowest BCUT2D eigenvalue weighted by Crippen LogP contribution is -2.52. The van der Waals surface area contributed by atoms with Crippen LogP contribution in [0.4, 0.5) is 13.6 Å². The van der Waals surface area contributed by atoms with Crippen LogP contribution < -0.4 is 15.5 Å². The quantitative estimate of drug-likeness (QED) is 0.268. The highest BCUT2D eigenvalue weighted by Crippen LogP contribution is 2.46. The third-order valence-corrected chi connectivity index (χ3v) is 8.95. The first-order chi connectivity index (χ1) is 21.9. The molecule has 3 atom stereocenters. The lowest BCUT2D eigenvalue weighted by Gasteiger charge is -2.42. The molecule has 1 fully saturated rings. The minimum absolute atomic E-state index is 0.00392. The van der Waals surface area contributed by atoms with Crippen molar-refractivity contribution in [3.05, 3.63) is 63.1 Å². The van der Waals surface area contributed by atoms with Crippen molar-refractivity contribution in [1.29, 1.82) is 0 Å². The second-order valence-electron chi connectivity index (χ2n) is 12.8. The molecule has 1 saturated heterocycles. The van der Waals surface area contributed by atoms with Gasteiger partial charge < -0.3 is 29.1 Å². The smallest absolute Gasteiger partial charge is 0.434 e. The van der Waals surface area contributed by atoms with Gasteiger partial charge in [-0.3, -0.25) is 14.4 Å². The van der Waals surface area contributed by atoms with E-state index in [0.717, 1.165) is 31.0 Å². The Morgan fingerprint density at radius 3 is 2.67 bits per heavy atom. The number of pyridine rings is 1. The molecule has 0 unspecified atom stereocenters. The summed E-state index contributed by atoms with van der Waals surface area (Å²) in [5.74, 6) is -3.16. The number of rotatable bonds is 10. The van der Waals surface area contributed by atoms with E-state index in [1.165, 1.54) is 16.8 Å². The Balaban J connectivity index is 1.50. The molecule has 1 spiro atoms. The predicted molar refractivity (Wildman–Crippen MR) is 164 cm³/mol. The molecule has 2 amide bonds. The number of hydrogen-bond acceptors (Lipinski definition) is 8. The van der Waals surface area contributed by atoms with E-state index in [9.17, 15) is 28.0 Å². The molecule has 5 rings (SSSR count). The number of amides is 2. The average molecular weight is 643 g/mol. The predicted octanol–water partition coefficient (Wildman–Crippen LogP) is 5.50. The molecule has 2 bridgehead atoms. The third-order valence-electron chi connectivity index (χ3n) is 8.95. The monoisotopic (exact) mass is 642 g/mol. The van der Waals surface area contributed by atoms with Crippen LogP contribution in [0.2, 0.25) is 0 Å². The average Bonchev–Trinajstić information content (AvgIpc) is 3.33. The van der Waals surface area contributed by atoms with Crippen molar-refractivity contribution in [2.24, 2.45) is 11.1 Å². The second-order valence-corrected chi connectivity index (χ2v) is 12.8. The van der Waals surface area contributed by atoms with Crippen molar-refractivity contribution in [2.75, 3.05) is 13.2 Å². The van der Waals surface area contributed by atoms with E-state index < -0.39 is 58.0 Å². The number of halogens is 2. The number of aromatic nitrogens is 1. The van der Waals surface area contributed by atoms with E-state index in [0.29, 0.717) is 37.7 Å². The Labute approximate surface area is 265 Å². The lowest BCUT2D eigenvalue weighted by atomic mass is 9.84. The Morgan fingerprint density at radius 1 is 1.20 bits per heavy atom. The number of unbranched alkanes of at least 4 members (excludes halogenated alkanes) is 2. The summed E-state index contributed by atoms with van der Waals surface area (Å²) in [6, 6.07) is 2.11. The molecule has 0 radical (unpaired) electrons. The highest BCUT2D eigenvalue weighted by atomic mass is 19.1. The van der Waals surface area contributed by atoms with E-state index in [4.69, 9.17) is 14.3 Å². The molecule has 11 nitrogen and oxygen atoms in total. The molecular weight excluding hydrogens is 602 g/mol. The van der Waals surface area contributed by atoms with Gasteiger partial charge in [0.05, 0.1) is 18.4 Å². The first-order valence-electron chi connectivity index (χ1n) is 15.8. The van der Waals surface area contributed by atoms with Gasteiger partial charge in [0, 0.05) is 43.4 Å². The van der Waals surface area contributed by atoms with Crippen LogP contribution in [-0.4, -0.2) is 57.9 Å². The van der Waals surface area contributed by atoms with E-state index in [1.807, 2.05) is 13.8 Å². The zero-order valence-corrected chi connectivity index (χ0v) is 26.6. The summed E-state index contributed by atoms with van der Waals surface area (Å²) in [4.78, 5) is 61.8. The number of carbonyl (C=O) groups excluding carboxylic acids is 3. The third kappa shape index (κ3) is 6.78. The fourth-order valence-electron chi connectivity index (χ4n) is 6.40. The van der Waals surface area contributed by atoms with Gasteiger partial charge in [0.15, 0.2) is 11.3 Å². The molecule has 3 aliphatic heterocycles. The number of hydrogen-bond donors (Lipinski definition) is 1. The van der Waals surface area contributed by atoms with E-state index in [1.54, 1.807) is 4.90 Å². The summed E-state index contributed by atoms with van der Waals surface area (Å²) in [7, 11) is 0. The van der Waals surface area contributed by atoms with Crippen LogP contribution in [0.3, 0.4) is 0 Å². The standard InChI is InChI=1S/C33H40F2N4O7/c1-19(2)8-6-5-7-13-44-32(43)45-29-27-31(42)38-18-26(33(12-11-21(38)4)15-20(3)37-46-33)39(27)17-24(28(29)40)30(41)36-16-22-9-10-23(34)14-25(22)35/h9-10,14,17,19,21,26H,5-8,11-13,15-16,18H2,1-4H3,(H,36,41)/t21-,26+,33-/m0/s1. The Bertz CT molecular complexity index is 1610. The Hall–Kier alpha value is -4.29. The molecule has 248 valence electrons. The molecule has 4 heterocycles. The molecule has 1 aromatic heterocycles. The topological polar surface area (TPSA) is 129 Å². The molecule has 46 heavy (non-hydrogen) atoms. The summed E-state index contributed by atoms with van der Waals surface area (Å²) >= 11 is 0. The normalized spacial score (nSPS) is 21.8. The van der Waals surface area contributed by atoms with Crippen molar-refractivity contribution in [2.45, 2.75) is 96.9 Å². The number of fused-ring (bicyclic) bond motifs is 5. The van der Waals surface area contributed by atoms with E-state index in [2.05, 4.69) is 24.3 Å². The van der Waals surface area contributed by atoms with Crippen molar-refractivity contribution in [3.8, 4) is 5.75 Å². The summed E-state index contributed by atoms with van der Waals surface area (Å²) in [5.41, 5.74) is -1.77. The maximum atomic E-state index is 14.3. The van der Waals surface area contributed by atoms with E-state index >= 15 is 0 Å². The van der Waals surface area contributed by atoms with Gasteiger partial charge in [-0.05, 0) is 45.1 Å². The van der Waals surface area contributed by atoms with Gasteiger partial charge in [-0.25, -0.2) is 13.6 Å². The van der Waals surface area contributed by atoms with Crippen LogP contribution in [0.5, 0.6) is 5.75 Å². The van der Waals surface area contributed by atoms with Crippen molar-refractivity contribution in [1.82, 2.24) is 14.8 Å². The first kappa shape index (κ1) is 33.1. The van der Waals surface area contributed by atoms with Crippen LogP contribution in [-0.2, 0) is 16.1 Å². The highest BCUT2D eigenvalue weighted by molar-refractivity contribution is 6.00. The minimum atomic E-state index is -1.18. The van der Waals surface area contributed by atoms with Crippen molar-refractivity contribution in [3.63, 3.8) is 0 Å². The molecule has 3 aliphatic rings. The van der Waals surface area contributed by atoms with Crippen molar-refractivity contribution >= 4 is 23.7 Å². The van der Waals surface area contributed by atoms with Crippen molar-refractivity contribution < 1.29 is 37.5 Å². The summed E-state index contributed by atoms with van der Waals surface area (Å²) in [6.07, 6.45) is 5.12. The van der Waals surface area contributed by atoms with Gasteiger partial charge in [-0.1, -0.05) is 44.3 Å². The number of ether oxygens (including phenoxy) is 2. The fraction of sp³-hybridized carbons (Fsp3) is 0.545. The van der Waals surface area contributed by atoms with E-state index in [-0.39, 0.29) is 37.0 Å². The van der Waals surface area contributed by atoms with Crippen LogP contribution in [0.1, 0.15) is 105 Å². The fourth-order valence-corrected chi connectivity index (χ4v) is 6.40.